The fraction of sp³-hybridized carbons (Fsp3) is 0.188. The van der Waals surface area contributed by atoms with E-state index < -0.39 is 12.1 Å². The van der Waals surface area contributed by atoms with Crippen LogP contribution < -0.4 is 4.74 Å². The van der Waals surface area contributed by atoms with Crippen molar-refractivity contribution in [3.63, 3.8) is 0 Å². The number of fused-ring (bicyclic) bond motifs is 2. The summed E-state index contributed by atoms with van der Waals surface area (Å²) in [6.07, 6.45) is -0.995. The molecule has 0 spiro atoms. The second kappa shape index (κ2) is 4.98. The number of aliphatic hydroxyl groups is 1. The Bertz CT molecular complexity index is 663. The molecule has 1 unspecified atom stereocenters. The van der Waals surface area contributed by atoms with Crippen LogP contribution in [-0.4, -0.2) is 16.2 Å². The normalized spacial score (nSPS) is 16.6. The molecule has 0 aliphatic carbocycles. The number of hydrogen-bond acceptors (Lipinski definition) is 3. The zero-order valence-corrected chi connectivity index (χ0v) is 10.7. The van der Waals surface area contributed by atoms with E-state index in [1.165, 1.54) is 0 Å². The van der Waals surface area contributed by atoms with Crippen molar-refractivity contribution in [3.05, 3.63) is 64.7 Å². The van der Waals surface area contributed by atoms with Crippen LogP contribution in [-0.2, 0) is 17.8 Å². The first-order valence-electron chi connectivity index (χ1n) is 6.39. The molecule has 0 fully saturated rings. The SMILES string of the molecule is O=C(O)Cc1cccc2c1C(O)c1ccccc1CO2. The van der Waals surface area contributed by atoms with Gasteiger partial charge in [-0.25, -0.2) is 0 Å². The van der Waals surface area contributed by atoms with Crippen LogP contribution in [0, 0.1) is 0 Å². The van der Waals surface area contributed by atoms with Crippen molar-refractivity contribution >= 4 is 5.97 Å². The molecule has 102 valence electrons. The number of hydrogen-bond donors (Lipinski definition) is 2. The molecule has 4 heteroatoms. The van der Waals surface area contributed by atoms with Crippen molar-refractivity contribution in [3.8, 4) is 5.75 Å². The van der Waals surface area contributed by atoms with Gasteiger partial charge in [0.25, 0.3) is 0 Å². The van der Waals surface area contributed by atoms with Gasteiger partial charge in [0.2, 0.25) is 0 Å². The van der Waals surface area contributed by atoms with E-state index >= 15 is 0 Å². The lowest BCUT2D eigenvalue weighted by molar-refractivity contribution is -0.136. The lowest BCUT2D eigenvalue weighted by Crippen LogP contribution is -2.08. The Morgan fingerprint density at radius 1 is 1.20 bits per heavy atom. The number of benzene rings is 2. The van der Waals surface area contributed by atoms with E-state index in [4.69, 9.17) is 9.84 Å². The summed E-state index contributed by atoms with van der Waals surface area (Å²) < 4.78 is 5.71. The first-order chi connectivity index (χ1) is 9.66. The summed E-state index contributed by atoms with van der Waals surface area (Å²) in [4.78, 5) is 11.0. The average Bonchev–Trinajstić information content (AvgIpc) is 2.57. The molecular formula is C16H14O4. The minimum atomic E-state index is -0.928. The van der Waals surface area contributed by atoms with Crippen molar-refractivity contribution in [1.82, 2.24) is 0 Å². The van der Waals surface area contributed by atoms with Gasteiger partial charge >= 0.3 is 5.97 Å². The predicted molar refractivity (Wildman–Crippen MR) is 72.6 cm³/mol. The molecule has 0 saturated heterocycles. The molecule has 2 aromatic carbocycles. The second-order valence-electron chi connectivity index (χ2n) is 4.79. The van der Waals surface area contributed by atoms with Crippen LogP contribution in [0.15, 0.2) is 42.5 Å². The largest absolute Gasteiger partial charge is 0.488 e. The standard InChI is InChI=1S/C16H14O4/c17-14(18)8-10-5-3-7-13-15(10)16(19)12-6-2-1-4-11(12)9-20-13/h1-7,16,19H,8-9H2,(H,17,18). The molecule has 1 heterocycles. The summed E-state index contributed by atoms with van der Waals surface area (Å²) in [6.45, 7) is 0.372. The summed E-state index contributed by atoms with van der Waals surface area (Å²) in [7, 11) is 0. The predicted octanol–water partition coefficient (Wildman–Crippen LogP) is 2.29. The van der Waals surface area contributed by atoms with Crippen LogP contribution >= 0.6 is 0 Å². The number of carboxylic acid groups (broad SMARTS) is 1. The smallest absolute Gasteiger partial charge is 0.307 e. The summed E-state index contributed by atoms with van der Waals surface area (Å²) >= 11 is 0. The Balaban J connectivity index is 2.15. The third-order valence-electron chi connectivity index (χ3n) is 3.50. The van der Waals surface area contributed by atoms with E-state index in [2.05, 4.69) is 0 Å². The molecule has 4 nitrogen and oxygen atoms in total. The molecule has 1 aliphatic rings. The van der Waals surface area contributed by atoms with E-state index in [0.717, 1.165) is 11.1 Å². The molecule has 20 heavy (non-hydrogen) atoms. The van der Waals surface area contributed by atoms with Crippen molar-refractivity contribution < 1.29 is 19.7 Å². The minimum absolute atomic E-state index is 0.133. The fourth-order valence-electron chi connectivity index (χ4n) is 2.59. The third kappa shape index (κ3) is 2.14. The molecule has 2 aromatic rings. The van der Waals surface area contributed by atoms with Gasteiger partial charge in [0.1, 0.15) is 18.5 Å². The molecule has 3 rings (SSSR count). The second-order valence-corrected chi connectivity index (χ2v) is 4.79. The first-order valence-corrected chi connectivity index (χ1v) is 6.39. The van der Waals surface area contributed by atoms with Crippen LogP contribution in [0.1, 0.15) is 28.4 Å². The zero-order valence-electron chi connectivity index (χ0n) is 10.7. The number of ether oxygens (including phenoxy) is 1. The number of carboxylic acids is 1. The van der Waals surface area contributed by atoms with Gasteiger partial charge in [0.05, 0.1) is 6.42 Å². The van der Waals surface area contributed by atoms with E-state index in [0.29, 0.717) is 23.5 Å². The summed E-state index contributed by atoms with van der Waals surface area (Å²) in [6, 6.07) is 12.7. The Hall–Kier alpha value is -2.33. The maximum Gasteiger partial charge on any atom is 0.307 e. The Morgan fingerprint density at radius 3 is 2.80 bits per heavy atom. The Labute approximate surface area is 116 Å². The van der Waals surface area contributed by atoms with E-state index in [-0.39, 0.29) is 6.42 Å². The van der Waals surface area contributed by atoms with Crippen LogP contribution in [0.4, 0.5) is 0 Å². The van der Waals surface area contributed by atoms with E-state index in [9.17, 15) is 9.90 Å². The Morgan fingerprint density at radius 2 is 2.00 bits per heavy atom. The van der Waals surface area contributed by atoms with Crippen LogP contribution in [0.25, 0.3) is 0 Å². The van der Waals surface area contributed by atoms with Gasteiger partial charge in [-0.05, 0) is 22.8 Å². The van der Waals surface area contributed by atoms with Gasteiger partial charge in [0.15, 0.2) is 0 Å². The summed E-state index contributed by atoms with van der Waals surface area (Å²) in [5.74, 6) is -0.379. The number of aliphatic carboxylic acids is 1. The number of carbonyl (C=O) groups is 1. The maximum atomic E-state index is 11.0. The van der Waals surface area contributed by atoms with Gasteiger partial charge in [-0.3, -0.25) is 4.79 Å². The average molecular weight is 270 g/mol. The molecule has 1 atom stereocenters. The highest BCUT2D eigenvalue weighted by molar-refractivity contribution is 5.71. The maximum absolute atomic E-state index is 11.0. The quantitative estimate of drug-likeness (QED) is 0.878. The zero-order chi connectivity index (χ0) is 14.1. The molecule has 0 radical (unpaired) electrons. The third-order valence-corrected chi connectivity index (χ3v) is 3.50. The topological polar surface area (TPSA) is 66.8 Å². The van der Waals surface area contributed by atoms with E-state index in [1.807, 2.05) is 24.3 Å². The molecular weight excluding hydrogens is 256 g/mol. The Kier molecular flexibility index (Phi) is 3.16. The summed E-state index contributed by atoms with van der Waals surface area (Å²) in [5, 5.41) is 19.6. The fourth-order valence-corrected chi connectivity index (χ4v) is 2.59. The lowest BCUT2D eigenvalue weighted by atomic mass is 9.93. The van der Waals surface area contributed by atoms with E-state index in [1.54, 1.807) is 18.2 Å². The molecule has 1 aliphatic heterocycles. The monoisotopic (exact) mass is 270 g/mol. The highest BCUT2D eigenvalue weighted by Gasteiger charge is 2.25. The van der Waals surface area contributed by atoms with Gasteiger partial charge in [-0.1, -0.05) is 36.4 Å². The van der Waals surface area contributed by atoms with Gasteiger partial charge < -0.3 is 14.9 Å². The summed E-state index contributed by atoms with van der Waals surface area (Å²) in [5.41, 5.74) is 2.82. The lowest BCUT2D eigenvalue weighted by Gasteiger charge is -2.16. The first kappa shape index (κ1) is 12.7. The highest BCUT2D eigenvalue weighted by atomic mass is 16.5. The van der Waals surface area contributed by atoms with Crippen LogP contribution in [0.5, 0.6) is 5.75 Å². The van der Waals surface area contributed by atoms with Gasteiger partial charge in [-0.2, -0.15) is 0 Å². The molecule has 0 amide bonds. The number of rotatable bonds is 2. The van der Waals surface area contributed by atoms with Crippen molar-refractivity contribution in [2.24, 2.45) is 0 Å². The molecule has 0 saturated carbocycles. The molecule has 0 bridgehead atoms. The molecule has 0 aromatic heterocycles. The van der Waals surface area contributed by atoms with Crippen LogP contribution in [0.2, 0.25) is 0 Å². The van der Waals surface area contributed by atoms with Crippen molar-refractivity contribution in [1.29, 1.82) is 0 Å². The highest BCUT2D eigenvalue weighted by Crippen LogP contribution is 2.37. The number of aliphatic hydroxyl groups excluding tert-OH is 1. The van der Waals surface area contributed by atoms with Gasteiger partial charge in [-0.15, -0.1) is 0 Å². The van der Waals surface area contributed by atoms with Crippen molar-refractivity contribution in [2.45, 2.75) is 19.1 Å². The minimum Gasteiger partial charge on any atom is -0.488 e. The van der Waals surface area contributed by atoms with Crippen molar-refractivity contribution in [2.75, 3.05) is 0 Å². The molecule has 2 N–H and O–H groups in total. The van der Waals surface area contributed by atoms with Gasteiger partial charge in [0, 0.05) is 5.56 Å². The van der Waals surface area contributed by atoms with Crippen LogP contribution in [0.3, 0.4) is 0 Å².